The van der Waals surface area contributed by atoms with Gasteiger partial charge in [0, 0.05) is 10.6 Å². The molecule has 0 aromatic heterocycles. The number of carbonyl (C=O) groups is 1. The van der Waals surface area contributed by atoms with E-state index < -0.39 is 12.0 Å². The Morgan fingerprint density at radius 2 is 2.23 bits per heavy atom. The molecule has 0 saturated heterocycles. The molecule has 0 fully saturated rings. The first kappa shape index (κ1) is 10.0. The molecule has 70 valence electrons. The van der Waals surface area contributed by atoms with Crippen LogP contribution in [0, 0.1) is 6.92 Å². The van der Waals surface area contributed by atoms with Crippen LogP contribution in [0.2, 0.25) is 5.02 Å². The van der Waals surface area contributed by atoms with Crippen LogP contribution in [0.3, 0.4) is 0 Å². The van der Waals surface area contributed by atoms with Gasteiger partial charge in [0.2, 0.25) is 0 Å². The predicted molar refractivity (Wildman–Crippen MR) is 50.8 cm³/mol. The number of hydrogen-bond donors (Lipinski definition) is 2. The standard InChI is InChI=1S/C9H10ClNO2/c1-5-3-2-4-6(10)7(5)8(11)9(12)13/h2-4,8H,11H2,1H3,(H,12,13)/t8-/m1/s1. The molecule has 0 amide bonds. The van der Waals surface area contributed by atoms with Crippen molar-refractivity contribution in [3.63, 3.8) is 0 Å². The molecular formula is C9H10ClNO2. The van der Waals surface area contributed by atoms with Crippen LogP contribution in [0.5, 0.6) is 0 Å². The van der Waals surface area contributed by atoms with Crippen LogP contribution in [-0.2, 0) is 4.79 Å². The average molecular weight is 200 g/mol. The number of nitrogens with two attached hydrogens (primary N) is 1. The van der Waals surface area contributed by atoms with Gasteiger partial charge in [0.1, 0.15) is 6.04 Å². The van der Waals surface area contributed by atoms with Crippen LogP contribution in [-0.4, -0.2) is 11.1 Å². The van der Waals surface area contributed by atoms with Crippen LogP contribution in [0.15, 0.2) is 18.2 Å². The molecule has 1 aromatic carbocycles. The molecule has 0 unspecified atom stereocenters. The molecule has 0 radical (unpaired) electrons. The minimum absolute atomic E-state index is 0.398. The van der Waals surface area contributed by atoms with Gasteiger partial charge in [0.25, 0.3) is 0 Å². The van der Waals surface area contributed by atoms with Gasteiger partial charge in [-0.3, -0.25) is 4.79 Å². The first-order chi connectivity index (χ1) is 6.04. The zero-order chi connectivity index (χ0) is 10.0. The predicted octanol–water partition coefficient (Wildman–Crippen LogP) is 1.73. The number of aryl methyl sites for hydroxylation is 1. The minimum atomic E-state index is -1.07. The van der Waals surface area contributed by atoms with Crippen molar-refractivity contribution in [3.8, 4) is 0 Å². The highest BCUT2D eigenvalue weighted by Crippen LogP contribution is 2.24. The van der Waals surface area contributed by atoms with Gasteiger partial charge in [-0.2, -0.15) is 0 Å². The van der Waals surface area contributed by atoms with Crippen LogP contribution < -0.4 is 5.73 Å². The Hall–Kier alpha value is -1.06. The number of hydrogen-bond acceptors (Lipinski definition) is 2. The summed E-state index contributed by atoms with van der Waals surface area (Å²) in [5.74, 6) is -1.07. The Kier molecular flexibility index (Phi) is 2.90. The van der Waals surface area contributed by atoms with E-state index in [1.54, 1.807) is 25.1 Å². The summed E-state index contributed by atoms with van der Waals surface area (Å²) in [5.41, 5.74) is 6.73. The van der Waals surface area contributed by atoms with Crippen molar-refractivity contribution in [3.05, 3.63) is 34.3 Å². The summed E-state index contributed by atoms with van der Waals surface area (Å²) in [5, 5.41) is 9.10. The molecule has 1 aromatic rings. The van der Waals surface area contributed by atoms with Crippen molar-refractivity contribution in [2.75, 3.05) is 0 Å². The van der Waals surface area contributed by atoms with Crippen LogP contribution in [0.25, 0.3) is 0 Å². The SMILES string of the molecule is Cc1cccc(Cl)c1[C@@H](N)C(=O)O. The quantitative estimate of drug-likeness (QED) is 0.763. The van der Waals surface area contributed by atoms with E-state index in [9.17, 15) is 4.79 Å². The van der Waals surface area contributed by atoms with Gasteiger partial charge in [-0.15, -0.1) is 0 Å². The Balaban J connectivity index is 3.20. The van der Waals surface area contributed by atoms with E-state index in [0.717, 1.165) is 5.56 Å². The number of carboxylic acid groups (broad SMARTS) is 1. The van der Waals surface area contributed by atoms with Gasteiger partial charge in [0.15, 0.2) is 0 Å². The molecular weight excluding hydrogens is 190 g/mol. The van der Waals surface area contributed by atoms with Gasteiger partial charge in [-0.25, -0.2) is 0 Å². The highest BCUT2D eigenvalue weighted by atomic mass is 35.5. The topological polar surface area (TPSA) is 63.3 Å². The number of benzene rings is 1. The second-order valence-electron chi connectivity index (χ2n) is 2.79. The zero-order valence-electron chi connectivity index (χ0n) is 7.12. The molecule has 1 atom stereocenters. The highest BCUT2D eigenvalue weighted by molar-refractivity contribution is 6.31. The smallest absolute Gasteiger partial charge is 0.325 e. The Bertz CT molecular complexity index is 318. The fourth-order valence-electron chi connectivity index (χ4n) is 1.16. The molecule has 4 heteroatoms. The summed E-state index contributed by atoms with van der Waals surface area (Å²) < 4.78 is 0. The lowest BCUT2D eigenvalue weighted by Gasteiger charge is -2.11. The fourth-order valence-corrected chi connectivity index (χ4v) is 1.50. The van der Waals surface area contributed by atoms with Crippen molar-refractivity contribution in [2.45, 2.75) is 13.0 Å². The molecule has 0 aliphatic carbocycles. The Labute approximate surface area is 81.1 Å². The molecule has 0 aliphatic heterocycles. The molecule has 0 aliphatic rings. The number of carboxylic acids is 1. The summed E-state index contributed by atoms with van der Waals surface area (Å²) in [7, 11) is 0. The van der Waals surface area contributed by atoms with E-state index in [1.807, 2.05) is 0 Å². The first-order valence-corrected chi connectivity index (χ1v) is 4.15. The third-order valence-electron chi connectivity index (χ3n) is 1.85. The van der Waals surface area contributed by atoms with Gasteiger partial charge >= 0.3 is 5.97 Å². The van der Waals surface area contributed by atoms with E-state index >= 15 is 0 Å². The number of aliphatic carboxylic acids is 1. The second-order valence-corrected chi connectivity index (χ2v) is 3.19. The second kappa shape index (κ2) is 3.77. The summed E-state index contributed by atoms with van der Waals surface area (Å²) >= 11 is 5.83. The Morgan fingerprint density at radius 3 is 2.69 bits per heavy atom. The summed E-state index contributed by atoms with van der Waals surface area (Å²) in [4.78, 5) is 10.6. The molecule has 1 rings (SSSR count). The highest BCUT2D eigenvalue weighted by Gasteiger charge is 2.18. The third-order valence-corrected chi connectivity index (χ3v) is 2.18. The molecule has 0 saturated carbocycles. The van der Waals surface area contributed by atoms with E-state index in [2.05, 4.69) is 0 Å². The number of rotatable bonds is 2. The molecule has 0 heterocycles. The molecule has 3 nitrogen and oxygen atoms in total. The number of halogens is 1. The van der Waals surface area contributed by atoms with E-state index in [0.29, 0.717) is 10.6 Å². The van der Waals surface area contributed by atoms with Crippen molar-refractivity contribution >= 4 is 17.6 Å². The monoisotopic (exact) mass is 199 g/mol. The van der Waals surface area contributed by atoms with Crippen molar-refractivity contribution < 1.29 is 9.90 Å². The van der Waals surface area contributed by atoms with Crippen molar-refractivity contribution in [2.24, 2.45) is 5.73 Å². The van der Waals surface area contributed by atoms with Crippen LogP contribution in [0.1, 0.15) is 17.2 Å². The molecule has 0 bridgehead atoms. The van der Waals surface area contributed by atoms with E-state index in [1.165, 1.54) is 0 Å². The summed E-state index contributed by atoms with van der Waals surface area (Å²) in [6.07, 6.45) is 0. The lowest BCUT2D eigenvalue weighted by Crippen LogP contribution is -2.21. The van der Waals surface area contributed by atoms with E-state index in [-0.39, 0.29) is 0 Å². The molecule has 3 N–H and O–H groups in total. The molecule has 0 spiro atoms. The largest absolute Gasteiger partial charge is 0.480 e. The van der Waals surface area contributed by atoms with Gasteiger partial charge in [-0.05, 0) is 18.6 Å². The Morgan fingerprint density at radius 1 is 1.62 bits per heavy atom. The minimum Gasteiger partial charge on any atom is -0.480 e. The van der Waals surface area contributed by atoms with Crippen LogP contribution in [0.4, 0.5) is 0 Å². The maximum Gasteiger partial charge on any atom is 0.325 e. The fraction of sp³-hybridized carbons (Fsp3) is 0.222. The summed E-state index contributed by atoms with van der Waals surface area (Å²) in [6.45, 7) is 1.78. The van der Waals surface area contributed by atoms with Crippen LogP contribution >= 0.6 is 11.6 Å². The van der Waals surface area contributed by atoms with Gasteiger partial charge < -0.3 is 10.8 Å². The normalized spacial score (nSPS) is 12.5. The van der Waals surface area contributed by atoms with Crippen molar-refractivity contribution in [1.82, 2.24) is 0 Å². The van der Waals surface area contributed by atoms with Gasteiger partial charge in [0.05, 0.1) is 0 Å². The maximum absolute atomic E-state index is 10.6. The average Bonchev–Trinajstić information content (AvgIpc) is 2.03. The zero-order valence-corrected chi connectivity index (χ0v) is 7.88. The lowest BCUT2D eigenvalue weighted by atomic mass is 10.0. The maximum atomic E-state index is 10.6. The van der Waals surface area contributed by atoms with Gasteiger partial charge in [-0.1, -0.05) is 23.7 Å². The van der Waals surface area contributed by atoms with E-state index in [4.69, 9.17) is 22.4 Å². The molecule has 13 heavy (non-hydrogen) atoms. The lowest BCUT2D eigenvalue weighted by molar-refractivity contribution is -0.138. The third kappa shape index (κ3) is 1.99. The van der Waals surface area contributed by atoms with Crippen molar-refractivity contribution in [1.29, 1.82) is 0 Å². The summed E-state index contributed by atoms with van der Waals surface area (Å²) in [6, 6.07) is 4.13. The first-order valence-electron chi connectivity index (χ1n) is 3.77.